The zero-order valence-corrected chi connectivity index (χ0v) is 11.1. The van der Waals surface area contributed by atoms with Crippen LogP contribution in [0.25, 0.3) is 0 Å². The Bertz CT molecular complexity index is 421. The highest BCUT2D eigenvalue weighted by Crippen LogP contribution is 2.47. The molecule has 0 radical (unpaired) electrons. The van der Waals surface area contributed by atoms with Gasteiger partial charge in [0.15, 0.2) is 0 Å². The lowest BCUT2D eigenvalue weighted by atomic mass is 9.65. The molecule has 1 aliphatic carbocycles. The fourth-order valence-corrected chi connectivity index (χ4v) is 3.61. The minimum absolute atomic E-state index is 0.474. The summed E-state index contributed by atoms with van der Waals surface area (Å²) >= 11 is 0. The smallest absolute Gasteiger partial charge is 0.209 e. The number of carbonyl (C=O) groups is 1. The van der Waals surface area contributed by atoms with E-state index < -0.39 is 0 Å². The standard InChI is InChI=1S/C16H21NO/c1-13-2-4-14(5-3-13)15-6-8-16(9-7-15)10-17(11-16)12-18/h2-5,12,15H,6-11H2,1H3. The van der Waals surface area contributed by atoms with E-state index in [0.717, 1.165) is 25.4 Å². The van der Waals surface area contributed by atoms with Crippen LogP contribution in [0.3, 0.4) is 0 Å². The van der Waals surface area contributed by atoms with Crippen LogP contribution < -0.4 is 0 Å². The van der Waals surface area contributed by atoms with E-state index in [1.807, 2.05) is 4.90 Å². The van der Waals surface area contributed by atoms with E-state index in [1.165, 1.54) is 36.8 Å². The molecular weight excluding hydrogens is 222 g/mol. The van der Waals surface area contributed by atoms with Gasteiger partial charge in [0.1, 0.15) is 0 Å². The Kier molecular flexibility index (Phi) is 2.89. The van der Waals surface area contributed by atoms with Gasteiger partial charge in [-0.05, 0) is 44.1 Å². The second-order valence-corrected chi connectivity index (χ2v) is 6.20. The quantitative estimate of drug-likeness (QED) is 0.731. The Morgan fingerprint density at radius 3 is 2.33 bits per heavy atom. The molecule has 2 nitrogen and oxygen atoms in total. The van der Waals surface area contributed by atoms with Gasteiger partial charge in [0.2, 0.25) is 6.41 Å². The van der Waals surface area contributed by atoms with Gasteiger partial charge in [0, 0.05) is 18.5 Å². The maximum atomic E-state index is 10.7. The Morgan fingerprint density at radius 1 is 1.17 bits per heavy atom. The van der Waals surface area contributed by atoms with Crippen molar-refractivity contribution in [1.82, 2.24) is 4.90 Å². The van der Waals surface area contributed by atoms with Crippen molar-refractivity contribution >= 4 is 6.41 Å². The molecule has 1 amide bonds. The molecule has 3 rings (SSSR count). The zero-order valence-electron chi connectivity index (χ0n) is 11.1. The summed E-state index contributed by atoms with van der Waals surface area (Å²) in [5, 5.41) is 0. The number of hydrogen-bond acceptors (Lipinski definition) is 1. The van der Waals surface area contributed by atoms with Crippen LogP contribution in [0, 0.1) is 12.3 Å². The van der Waals surface area contributed by atoms with Gasteiger partial charge in [0.05, 0.1) is 0 Å². The van der Waals surface area contributed by atoms with Crippen molar-refractivity contribution in [3.05, 3.63) is 35.4 Å². The molecule has 0 bridgehead atoms. The van der Waals surface area contributed by atoms with Gasteiger partial charge in [-0.1, -0.05) is 29.8 Å². The van der Waals surface area contributed by atoms with Gasteiger partial charge < -0.3 is 4.90 Å². The van der Waals surface area contributed by atoms with Crippen molar-refractivity contribution in [3.8, 4) is 0 Å². The van der Waals surface area contributed by atoms with Crippen LogP contribution >= 0.6 is 0 Å². The predicted molar refractivity (Wildman–Crippen MR) is 72.5 cm³/mol. The Morgan fingerprint density at radius 2 is 1.78 bits per heavy atom. The monoisotopic (exact) mass is 243 g/mol. The number of likely N-dealkylation sites (tertiary alicyclic amines) is 1. The second kappa shape index (κ2) is 4.42. The van der Waals surface area contributed by atoms with Gasteiger partial charge in [-0.25, -0.2) is 0 Å². The molecule has 0 atom stereocenters. The number of hydrogen-bond donors (Lipinski definition) is 0. The average molecular weight is 243 g/mol. The first-order valence-corrected chi connectivity index (χ1v) is 6.97. The summed E-state index contributed by atoms with van der Waals surface area (Å²) in [5.74, 6) is 0.738. The van der Waals surface area contributed by atoms with E-state index >= 15 is 0 Å². The summed E-state index contributed by atoms with van der Waals surface area (Å²) in [5.41, 5.74) is 3.32. The molecule has 2 fully saturated rings. The third-order valence-corrected chi connectivity index (χ3v) is 4.82. The van der Waals surface area contributed by atoms with Crippen LogP contribution in [0.2, 0.25) is 0 Å². The second-order valence-electron chi connectivity index (χ2n) is 6.20. The average Bonchev–Trinajstić information content (AvgIpc) is 2.37. The van der Waals surface area contributed by atoms with Crippen molar-refractivity contribution in [2.24, 2.45) is 5.41 Å². The molecule has 1 saturated carbocycles. The third-order valence-electron chi connectivity index (χ3n) is 4.82. The van der Waals surface area contributed by atoms with Gasteiger partial charge in [-0.15, -0.1) is 0 Å². The maximum absolute atomic E-state index is 10.7. The van der Waals surface area contributed by atoms with E-state index in [4.69, 9.17) is 0 Å². The van der Waals surface area contributed by atoms with Crippen molar-refractivity contribution in [2.45, 2.75) is 38.5 Å². The highest BCUT2D eigenvalue weighted by atomic mass is 16.1. The summed E-state index contributed by atoms with van der Waals surface area (Å²) < 4.78 is 0. The SMILES string of the molecule is Cc1ccc(C2CCC3(CC2)CN(C=O)C3)cc1. The highest BCUT2D eigenvalue weighted by molar-refractivity contribution is 5.49. The fraction of sp³-hybridized carbons (Fsp3) is 0.562. The minimum atomic E-state index is 0.474. The normalized spacial score (nSPS) is 22.8. The number of nitrogens with zero attached hydrogens (tertiary/aromatic N) is 1. The summed E-state index contributed by atoms with van der Waals surface area (Å²) in [6.07, 6.45) is 6.15. The predicted octanol–water partition coefficient (Wildman–Crippen LogP) is 3.11. The molecule has 0 aromatic heterocycles. The topological polar surface area (TPSA) is 20.3 Å². The summed E-state index contributed by atoms with van der Waals surface area (Å²) in [7, 11) is 0. The number of amides is 1. The lowest BCUT2D eigenvalue weighted by Crippen LogP contribution is -2.56. The molecule has 1 heterocycles. The molecule has 2 aliphatic rings. The number of benzene rings is 1. The number of carbonyl (C=O) groups excluding carboxylic acids is 1. The zero-order chi connectivity index (χ0) is 12.6. The van der Waals surface area contributed by atoms with Crippen molar-refractivity contribution in [2.75, 3.05) is 13.1 Å². The van der Waals surface area contributed by atoms with Crippen LogP contribution in [-0.2, 0) is 4.79 Å². The largest absolute Gasteiger partial charge is 0.344 e. The molecule has 96 valence electrons. The minimum Gasteiger partial charge on any atom is -0.344 e. The number of aryl methyl sites for hydroxylation is 1. The highest BCUT2D eigenvalue weighted by Gasteiger charge is 2.44. The summed E-state index contributed by atoms with van der Waals surface area (Å²) in [6.45, 7) is 4.14. The third kappa shape index (κ3) is 2.05. The van der Waals surface area contributed by atoms with Crippen LogP contribution in [0.4, 0.5) is 0 Å². The molecule has 2 heteroatoms. The lowest BCUT2D eigenvalue weighted by molar-refractivity contribution is -0.131. The van der Waals surface area contributed by atoms with Gasteiger partial charge in [0.25, 0.3) is 0 Å². The lowest BCUT2D eigenvalue weighted by Gasteiger charge is -2.52. The van der Waals surface area contributed by atoms with Crippen molar-refractivity contribution in [3.63, 3.8) is 0 Å². The van der Waals surface area contributed by atoms with Gasteiger partial charge in [-0.2, -0.15) is 0 Å². The molecule has 0 unspecified atom stereocenters. The molecule has 1 aliphatic heterocycles. The fourth-order valence-electron chi connectivity index (χ4n) is 3.61. The van der Waals surface area contributed by atoms with Crippen LogP contribution in [-0.4, -0.2) is 24.4 Å². The molecule has 1 saturated heterocycles. The first kappa shape index (κ1) is 11.8. The Hall–Kier alpha value is -1.31. The Balaban J connectivity index is 1.60. The van der Waals surface area contributed by atoms with E-state index in [2.05, 4.69) is 31.2 Å². The molecule has 0 N–H and O–H groups in total. The van der Waals surface area contributed by atoms with Crippen LogP contribution in [0.1, 0.15) is 42.7 Å². The first-order chi connectivity index (χ1) is 8.71. The van der Waals surface area contributed by atoms with E-state index in [9.17, 15) is 4.79 Å². The maximum Gasteiger partial charge on any atom is 0.209 e. The van der Waals surface area contributed by atoms with Gasteiger partial charge in [-0.3, -0.25) is 4.79 Å². The van der Waals surface area contributed by atoms with E-state index in [1.54, 1.807) is 0 Å². The molecule has 1 aromatic rings. The first-order valence-electron chi connectivity index (χ1n) is 6.97. The van der Waals surface area contributed by atoms with Crippen molar-refractivity contribution < 1.29 is 4.79 Å². The van der Waals surface area contributed by atoms with E-state index in [-0.39, 0.29) is 0 Å². The summed E-state index contributed by atoms with van der Waals surface area (Å²) in [6, 6.07) is 9.02. The number of rotatable bonds is 2. The molecule has 18 heavy (non-hydrogen) atoms. The van der Waals surface area contributed by atoms with Crippen LogP contribution in [0.15, 0.2) is 24.3 Å². The van der Waals surface area contributed by atoms with E-state index in [0.29, 0.717) is 5.41 Å². The Labute approximate surface area is 109 Å². The molecule has 1 aromatic carbocycles. The van der Waals surface area contributed by atoms with Gasteiger partial charge >= 0.3 is 0 Å². The molecular formula is C16H21NO. The summed E-state index contributed by atoms with van der Waals surface area (Å²) in [4.78, 5) is 12.6. The van der Waals surface area contributed by atoms with Crippen molar-refractivity contribution in [1.29, 1.82) is 0 Å². The van der Waals surface area contributed by atoms with Crippen LogP contribution in [0.5, 0.6) is 0 Å². The molecule has 1 spiro atoms.